The lowest BCUT2D eigenvalue weighted by Crippen LogP contribution is -2.51. The van der Waals surface area contributed by atoms with Crippen molar-refractivity contribution in [1.82, 2.24) is 4.90 Å². The summed E-state index contributed by atoms with van der Waals surface area (Å²) in [6.07, 6.45) is -6.91. The first-order valence-corrected chi connectivity index (χ1v) is 4.92. The van der Waals surface area contributed by atoms with E-state index >= 15 is 0 Å². The van der Waals surface area contributed by atoms with Gasteiger partial charge >= 0.3 is 6.18 Å². The number of amides is 1. The molecule has 16 heavy (non-hydrogen) atoms. The monoisotopic (exact) mass is 241 g/mol. The Morgan fingerprint density at radius 2 is 2.12 bits per heavy atom. The van der Waals surface area contributed by atoms with Crippen LogP contribution in [0.4, 0.5) is 13.2 Å². The van der Waals surface area contributed by atoms with Crippen LogP contribution in [0.5, 0.6) is 0 Å². The molecule has 1 rings (SSSR count). The second-order valence-corrected chi connectivity index (χ2v) is 3.84. The Morgan fingerprint density at radius 3 is 2.62 bits per heavy atom. The van der Waals surface area contributed by atoms with E-state index in [1.807, 2.05) is 0 Å². The molecule has 1 fully saturated rings. The van der Waals surface area contributed by atoms with E-state index in [0.717, 1.165) is 4.90 Å². The van der Waals surface area contributed by atoms with Crippen molar-refractivity contribution in [3.63, 3.8) is 0 Å². The molecule has 1 heterocycles. The number of carbonyl (C=O) groups excluding carboxylic acids is 1. The van der Waals surface area contributed by atoms with Gasteiger partial charge in [0, 0.05) is 13.1 Å². The fourth-order valence-electron chi connectivity index (χ4n) is 1.63. The molecule has 0 bridgehead atoms. The normalized spacial score (nSPS) is 26.9. The molecule has 0 radical (unpaired) electrons. The minimum Gasteiger partial charge on any atom is -0.394 e. The molecule has 2 atom stereocenters. The van der Waals surface area contributed by atoms with Crippen LogP contribution < -0.4 is 0 Å². The van der Waals surface area contributed by atoms with E-state index in [-0.39, 0.29) is 25.8 Å². The van der Waals surface area contributed by atoms with Crippen LogP contribution in [-0.2, 0) is 9.53 Å². The third kappa shape index (κ3) is 3.97. The minimum atomic E-state index is -4.49. The number of hydrogen-bond donors (Lipinski definition) is 1. The van der Waals surface area contributed by atoms with Gasteiger partial charge in [0.25, 0.3) is 0 Å². The van der Waals surface area contributed by atoms with Crippen LogP contribution in [0.25, 0.3) is 0 Å². The van der Waals surface area contributed by atoms with Gasteiger partial charge in [0.15, 0.2) is 0 Å². The van der Waals surface area contributed by atoms with E-state index in [4.69, 9.17) is 9.84 Å². The highest BCUT2D eigenvalue weighted by atomic mass is 19.4. The quantitative estimate of drug-likeness (QED) is 0.768. The maximum Gasteiger partial charge on any atom is 0.397 e. The van der Waals surface area contributed by atoms with Gasteiger partial charge < -0.3 is 14.7 Å². The maximum atomic E-state index is 12.0. The fraction of sp³-hybridized carbons (Fsp3) is 0.889. The Balaban J connectivity index is 2.55. The molecule has 0 aromatic heterocycles. The van der Waals surface area contributed by atoms with Gasteiger partial charge in [-0.15, -0.1) is 0 Å². The van der Waals surface area contributed by atoms with Crippen LogP contribution in [0.15, 0.2) is 0 Å². The molecule has 2 unspecified atom stereocenters. The maximum absolute atomic E-state index is 12.0. The summed E-state index contributed by atoms with van der Waals surface area (Å²) in [6.45, 7) is 1.48. The van der Waals surface area contributed by atoms with Crippen molar-refractivity contribution in [1.29, 1.82) is 0 Å². The Labute approximate surface area is 91.0 Å². The highest BCUT2D eigenvalue weighted by Gasteiger charge is 2.36. The van der Waals surface area contributed by atoms with E-state index in [1.54, 1.807) is 6.92 Å². The number of halogens is 3. The molecule has 7 heteroatoms. The van der Waals surface area contributed by atoms with Crippen molar-refractivity contribution in [3.8, 4) is 0 Å². The van der Waals surface area contributed by atoms with E-state index in [1.165, 1.54) is 0 Å². The zero-order valence-corrected chi connectivity index (χ0v) is 8.83. The number of nitrogens with zero attached hydrogens (tertiary/aromatic N) is 1. The van der Waals surface area contributed by atoms with Crippen LogP contribution >= 0.6 is 0 Å². The van der Waals surface area contributed by atoms with Gasteiger partial charge in [0.05, 0.1) is 18.8 Å². The van der Waals surface area contributed by atoms with Gasteiger partial charge in [-0.05, 0) is 6.92 Å². The first-order valence-electron chi connectivity index (χ1n) is 4.92. The molecule has 1 amide bonds. The van der Waals surface area contributed by atoms with Gasteiger partial charge in [0.1, 0.15) is 6.42 Å². The Morgan fingerprint density at radius 1 is 1.50 bits per heavy atom. The summed E-state index contributed by atoms with van der Waals surface area (Å²) >= 11 is 0. The molecule has 1 aliphatic rings. The minimum absolute atomic E-state index is 0.00968. The summed E-state index contributed by atoms with van der Waals surface area (Å²) in [5.74, 6) is -0.971. The third-order valence-corrected chi connectivity index (χ3v) is 2.23. The Kier molecular flexibility index (Phi) is 4.15. The zero-order valence-electron chi connectivity index (χ0n) is 8.83. The molecule has 0 aliphatic carbocycles. The molecule has 94 valence electrons. The summed E-state index contributed by atoms with van der Waals surface area (Å²) in [4.78, 5) is 12.4. The van der Waals surface area contributed by atoms with E-state index < -0.39 is 24.6 Å². The highest BCUT2D eigenvalue weighted by Crippen LogP contribution is 2.22. The van der Waals surface area contributed by atoms with E-state index in [9.17, 15) is 18.0 Å². The number of alkyl halides is 3. The standard InChI is InChI=1S/C9H14F3NO3/c1-6-3-13(4-7(5-14)16-6)8(15)2-9(10,11)12/h6-7,14H,2-5H2,1H3. The van der Waals surface area contributed by atoms with Crippen LogP contribution in [-0.4, -0.2) is 54.0 Å². The second-order valence-electron chi connectivity index (χ2n) is 3.84. The molecule has 4 nitrogen and oxygen atoms in total. The number of ether oxygens (including phenoxy) is 1. The van der Waals surface area contributed by atoms with Gasteiger partial charge in [-0.1, -0.05) is 0 Å². The molecule has 0 saturated carbocycles. The number of aliphatic hydroxyl groups is 1. The molecule has 0 spiro atoms. The summed E-state index contributed by atoms with van der Waals surface area (Å²) in [7, 11) is 0. The van der Waals surface area contributed by atoms with E-state index in [0.29, 0.717) is 0 Å². The van der Waals surface area contributed by atoms with Crippen molar-refractivity contribution in [2.45, 2.75) is 31.7 Å². The van der Waals surface area contributed by atoms with Crippen molar-refractivity contribution < 1.29 is 27.8 Å². The summed E-state index contributed by atoms with van der Waals surface area (Å²) in [5.41, 5.74) is 0. The smallest absolute Gasteiger partial charge is 0.394 e. The second kappa shape index (κ2) is 5.01. The molecular formula is C9H14F3NO3. The molecule has 1 N–H and O–H groups in total. The van der Waals surface area contributed by atoms with Gasteiger partial charge in [-0.2, -0.15) is 13.2 Å². The number of hydrogen-bond acceptors (Lipinski definition) is 3. The summed E-state index contributed by atoms with van der Waals surface area (Å²) in [6, 6.07) is 0. The van der Waals surface area contributed by atoms with Crippen LogP contribution in [0.2, 0.25) is 0 Å². The van der Waals surface area contributed by atoms with Crippen molar-refractivity contribution >= 4 is 5.91 Å². The summed E-state index contributed by atoms with van der Waals surface area (Å²) < 4.78 is 41.2. The largest absolute Gasteiger partial charge is 0.397 e. The number of morpholine rings is 1. The highest BCUT2D eigenvalue weighted by molar-refractivity contribution is 5.77. The van der Waals surface area contributed by atoms with Crippen molar-refractivity contribution in [2.75, 3.05) is 19.7 Å². The average Bonchev–Trinajstić information content (AvgIpc) is 2.14. The average molecular weight is 241 g/mol. The first kappa shape index (κ1) is 13.2. The lowest BCUT2D eigenvalue weighted by atomic mass is 10.2. The van der Waals surface area contributed by atoms with Crippen LogP contribution in [0, 0.1) is 0 Å². The van der Waals surface area contributed by atoms with Gasteiger partial charge in [-0.3, -0.25) is 4.79 Å². The topological polar surface area (TPSA) is 49.8 Å². The van der Waals surface area contributed by atoms with Crippen molar-refractivity contribution in [2.24, 2.45) is 0 Å². The van der Waals surface area contributed by atoms with Crippen LogP contribution in [0.3, 0.4) is 0 Å². The van der Waals surface area contributed by atoms with Crippen LogP contribution in [0.1, 0.15) is 13.3 Å². The van der Waals surface area contributed by atoms with Gasteiger partial charge in [-0.25, -0.2) is 0 Å². The third-order valence-electron chi connectivity index (χ3n) is 2.23. The van der Waals surface area contributed by atoms with Gasteiger partial charge in [0.2, 0.25) is 5.91 Å². The Hall–Kier alpha value is -0.820. The lowest BCUT2D eigenvalue weighted by Gasteiger charge is -2.36. The zero-order chi connectivity index (χ0) is 12.3. The predicted octanol–water partition coefficient (Wildman–Crippen LogP) is 0.547. The van der Waals surface area contributed by atoms with E-state index in [2.05, 4.69) is 0 Å². The number of carbonyl (C=O) groups is 1. The Bertz CT molecular complexity index is 257. The molecule has 0 aromatic rings. The lowest BCUT2D eigenvalue weighted by molar-refractivity contribution is -0.170. The summed E-state index contributed by atoms with van der Waals surface area (Å²) in [5, 5.41) is 8.86. The number of aliphatic hydroxyl groups excluding tert-OH is 1. The fourth-order valence-corrected chi connectivity index (χ4v) is 1.63. The SMILES string of the molecule is CC1CN(C(=O)CC(F)(F)F)CC(CO)O1. The number of rotatable bonds is 2. The van der Waals surface area contributed by atoms with Crippen molar-refractivity contribution in [3.05, 3.63) is 0 Å². The molecule has 1 saturated heterocycles. The molecular weight excluding hydrogens is 227 g/mol. The molecule has 0 aromatic carbocycles. The predicted molar refractivity (Wildman–Crippen MR) is 48.7 cm³/mol. The first-order chi connectivity index (χ1) is 7.31. The molecule has 1 aliphatic heterocycles.